The van der Waals surface area contributed by atoms with Crippen LogP contribution in [0.1, 0.15) is 53.9 Å². The van der Waals surface area contributed by atoms with Gasteiger partial charge in [-0.3, -0.25) is 0 Å². The molecule has 0 radical (unpaired) electrons. The fourth-order valence-electron chi connectivity index (χ4n) is 2.00. The van der Waals surface area contributed by atoms with Crippen molar-refractivity contribution in [1.82, 2.24) is 0 Å². The molecule has 1 unspecified atom stereocenters. The van der Waals surface area contributed by atoms with Crippen LogP contribution in [0, 0.1) is 0 Å². The Hall–Kier alpha value is -0.0800. The summed E-state index contributed by atoms with van der Waals surface area (Å²) >= 11 is 0. The molecule has 78 valence electrons. The van der Waals surface area contributed by atoms with E-state index < -0.39 is 5.79 Å². The van der Waals surface area contributed by atoms with Crippen molar-refractivity contribution >= 4 is 0 Å². The topological polar surface area (TPSA) is 18.5 Å². The second-order valence-electron chi connectivity index (χ2n) is 4.85. The first-order valence-corrected chi connectivity index (χ1v) is 5.25. The molecule has 0 N–H and O–H groups in total. The molecule has 1 rings (SSSR count). The lowest BCUT2D eigenvalue weighted by atomic mass is 9.97. The molecular weight excluding hydrogens is 164 g/mol. The van der Waals surface area contributed by atoms with Crippen molar-refractivity contribution in [2.24, 2.45) is 0 Å². The Morgan fingerprint density at radius 1 is 1.15 bits per heavy atom. The van der Waals surface area contributed by atoms with Crippen LogP contribution in [0.3, 0.4) is 0 Å². The molecule has 0 aromatic rings. The highest BCUT2D eigenvalue weighted by Crippen LogP contribution is 2.37. The van der Waals surface area contributed by atoms with Crippen molar-refractivity contribution < 1.29 is 9.47 Å². The van der Waals surface area contributed by atoms with E-state index in [1.165, 1.54) is 12.8 Å². The second kappa shape index (κ2) is 3.58. The van der Waals surface area contributed by atoms with Crippen LogP contribution in [0.2, 0.25) is 0 Å². The lowest BCUT2D eigenvalue weighted by Gasteiger charge is -2.23. The SMILES string of the molecule is CCCCC1OC(C)(C)OC1(C)C. The van der Waals surface area contributed by atoms with E-state index in [2.05, 4.69) is 20.8 Å². The lowest BCUT2D eigenvalue weighted by molar-refractivity contribution is -0.157. The summed E-state index contributed by atoms with van der Waals surface area (Å²) in [4.78, 5) is 0. The minimum Gasteiger partial charge on any atom is -0.344 e. The maximum Gasteiger partial charge on any atom is 0.164 e. The van der Waals surface area contributed by atoms with Gasteiger partial charge in [0.25, 0.3) is 0 Å². The summed E-state index contributed by atoms with van der Waals surface area (Å²) in [6.07, 6.45) is 3.79. The molecule has 0 bridgehead atoms. The van der Waals surface area contributed by atoms with Gasteiger partial charge in [-0.25, -0.2) is 0 Å². The van der Waals surface area contributed by atoms with Gasteiger partial charge in [-0.2, -0.15) is 0 Å². The first-order chi connectivity index (χ1) is 5.87. The Morgan fingerprint density at radius 3 is 2.15 bits per heavy atom. The molecule has 0 aromatic carbocycles. The molecule has 1 saturated heterocycles. The van der Waals surface area contributed by atoms with E-state index >= 15 is 0 Å². The number of unbranched alkanes of at least 4 members (excludes halogenated alkanes) is 1. The largest absolute Gasteiger partial charge is 0.344 e. The van der Waals surface area contributed by atoms with Crippen LogP contribution in [-0.4, -0.2) is 17.5 Å². The third kappa shape index (κ3) is 2.68. The molecular formula is C11H22O2. The maximum atomic E-state index is 5.84. The van der Waals surface area contributed by atoms with Crippen LogP contribution in [-0.2, 0) is 9.47 Å². The third-order valence-electron chi connectivity index (χ3n) is 2.53. The number of hydrogen-bond donors (Lipinski definition) is 0. The fourth-order valence-corrected chi connectivity index (χ4v) is 2.00. The molecule has 2 heteroatoms. The number of ether oxygens (including phenoxy) is 2. The van der Waals surface area contributed by atoms with E-state index in [9.17, 15) is 0 Å². The van der Waals surface area contributed by atoms with E-state index in [0.29, 0.717) is 0 Å². The Morgan fingerprint density at radius 2 is 1.77 bits per heavy atom. The molecule has 1 aliphatic rings. The van der Waals surface area contributed by atoms with Gasteiger partial charge in [-0.05, 0) is 34.1 Å². The van der Waals surface area contributed by atoms with Crippen LogP contribution < -0.4 is 0 Å². The van der Waals surface area contributed by atoms with Gasteiger partial charge in [0.05, 0.1) is 11.7 Å². The van der Waals surface area contributed by atoms with E-state index in [0.717, 1.165) is 6.42 Å². The van der Waals surface area contributed by atoms with Gasteiger partial charge in [0, 0.05) is 0 Å². The molecule has 0 saturated carbocycles. The summed E-state index contributed by atoms with van der Waals surface area (Å²) in [5, 5.41) is 0. The molecule has 1 atom stereocenters. The molecule has 0 spiro atoms. The van der Waals surface area contributed by atoms with Crippen LogP contribution in [0.25, 0.3) is 0 Å². The van der Waals surface area contributed by atoms with Crippen molar-refractivity contribution in [2.75, 3.05) is 0 Å². The van der Waals surface area contributed by atoms with E-state index in [1.807, 2.05) is 13.8 Å². The third-order valence-corrected chi connectivity index (χ3v) is 2.53. The number of hydrogen-bond acceptors (Lipinski definition) is 2. The monoisotopic (exact) mass is 186 g/mol. The average Bonchev–Trinajstić information content (AvgIpc) is 2.14. The van der Waals surface area contributed by atoms with Crippen molar-refractivity contribution in [2.45, 2.75) is 71.4 Å². The molecule has 1 heterocycles. The highest BCUT2D eigenvalue weighted by Gasteiger charge is 2.46. The predicted octanol–water partition coefficient (Wildman–Crippen LogP) is 3.11. The average molecular weight is 186 g/mol. The Balaban J connectivity index is 2.54. The Kier molecular flexibility index (Phi) is 3.03. The Labute approximate surface area is 81.6 Å². The van der Waals surface area contributed by atoms with Crippen LogP contribution >= 0.6 is 0 Å². The second-order valence-corrected chi connectivity index (χ2v) is 4.85. The van der Waals surface area contributed by atoms with Gasteiger partial charge in [-0.15, -0.1) is 0 Å². The summed E-state index contributed by atoms with van der Waals surface area (Å²) < 4.78 is 11.7. The number of rotatable bonds is 3. The lowest BCUT2D eigenvalue weighted by Crippen LogP contribution is -2.33. The van der Waals surface area contributed by atoms with E-state index in [1.54, 1.807) is 0 Å². The van der Waals surface area contributed by atoms with Gasteiger partial charge in [0.1, 0.15) is 0 Å². The zero-order valence-electron chi connectivity index (χ0n) is 9.52. The minimum atomic E-state index is -0.401. The van der Waals surface area contributed by atoms with Gasteiger partial charge in [0.15, 0.2) is 5.79 Å². The highest BCUT2D eigenvalue weighted by molar-refractivity contribution is 4.88. The first-order valence-electron chi connectivity index (χ1n) is 5.25. The predicted molar refractivity (Wildman–Crippen MR) is 53.6 cm³/mol. The summed E-state index contributed by atoms with van der Waals surface area (Å²) in [6.45, 7) is 10.4. The molecule has 0 amide bonds. The molecule has 13 heavy (non-hydrogen) atoms. The fraction of sp³-hybridized carbons (Fsp3) is 1.00. The van der Waals surface area contributed by atoms with Crippen LogP contribution in [0.15, 0.2) is 0 Å². The zero-order valence-corrected chi connectivity index (χ0v) is 9.52. The quantitative estimate of drug-likeness (QED) is 0.674. The van der Waals surface area contributed by atoms with Gasteiger partial charge < -0.3 is 9.47 Å². The van der Waals surface area contributed by atoms with Crippen molar-refractivity contribution in [3.8, 4) is 0 Å². The summed E-state index contributed by atoms with van der Waals surface area (Å²) in [5.41, 5.74) is -0.126. The maximum absolute atomic E-state index is 5.84. The van der Waals surface area contributed by atoms with Crippen LogP contribution in [0.5, 0.6) is 0 Å². The molecule has 1 aliphatic heterocycles. The van der Waals surface area contributed by atoms with E-state index in [4.69, 9.17) is 9.47 Å². The smallest absolute Gasteiger partial charge is 0.164 e. The zero-order chi connectivity index (χ0) is 10.1. The molecule has 1 fully saturated rings. The summed E-state index contributed by atoms with van der Waals surface area (Å²) in [5.74, 6) is -0.401. The van der Waals surface area contributed by atoms with Crippen molar-refractivity contribution in [3.63, 3.8) is 0 Å². The minimum absolute atomic E-state index is 0.126. The Bertz CT molecular complexity index is 173. The van der Waals surface area contributed by atoms with Crippen molar-refractivity contribution in [3.05, 3.63) is 0 Å². The molecule has 0 aliphatic carbocycles. The normalized spacial score (nSPS) is 30.7. The summed E-state index contributed by atoms with van der Waals surface area (Å²) in [6, 6.07) is 0. The van der Waals surface area contributed by atoms with Gasteiger partial charge >= 0.3 is 0 Å². The molecule has 0 aromatic heterocycles. The molecule has 2 nitrogen and oxygen atoms in total. The van der Waals surface area contributed by atoms with Crippen LogP contribution in [0.4, 0.5) is 0 Å². The van der Waals surface area contributed by atoms with Crippen molar-refractivity contribution in [1.29, 1.82) is 0 Å². The van der Waals surface area contributed by atoms with Gasteiger partial charge in [-0.1, -0.05) is 19.8 Å². The highest BCUT2D eigenvalue weighted by atomic mass is 16.8. The summed E-state index contributed by atoms with van der Waals surface area (Å²) in [7, 11) is 0. The standard InChI is InChI=1S/C11H22O2/c1-6-7-8-9-10(2,3)13-11(4,5)12-9/h9H,6-8H2,1-5H3. The van der Waals surface area contributed by atoms with Gasteiger partial charge in [0.2, 0.25) is 0 Å². The first kappa shape index (κ1) is 11.0. The van der Waals surface area contributed by atoms with E-state index in [-0.39, 0.29) is 11.7 Å².